The molecule has 0 aliphatic carbocycles. The zero-order valence-electron chi connectivity index (χ0n) is 11.9. The van der Waals surface area contributed by atoms with Crippen LogP contribution in [0.2, 0.25) is 0 Å². The van der Waals surface area contributed by atoms with Crippen molar-refractivity contribution < 1.29 is 4.79 Å². The van der Waals surface area contributed by atoms with Crippen LogP contribution in [0.3, 0.4) is 0 Å². The molecule has 1 rings (SSSR count). The third-order valence-electron chi connectivity index (χ3n) is 3.02. The maximum absolute atomic E-state index is 12.4. The molecule has 1 amide bonds. The lowest BCUT2D eigenvalue weighted by Gasteiger charge is -2.24. The molecule has 19 heavy (non-hydrogen) atoms. The minimum Gasteiger partial charge on any atom is -0.338 e. The van der Waals surface area contributed by atoms with E-state index in [9.17, 15) is 4.79 Å². The van der Waals surface area contributed by atoms with E-state index in [0.717, 1.165) is 17.9 Å². The number of nitrogen functional groups attached to an aromatic ring is 1. The predicted molar refractivity (Wildman–Crippen MR) is 81.4 cm³/mol. The molecule has 1 unspecified atom stereocenters. The standard InChI is InChI=1S/C13H22N4OS/c1-5-11-6-10(7-12(15-11)16-14)13(18)17(3)9(2)8-19-4/h6-7,9H,5,8,14H2,1-4H3,(H,15,16). The van der Waals surface area contributed by atoms with E-state index in [0.29, 0.717) is 11.4 Å². The minimum absolute atomic E-state index is 0.00449. The van der Waals surface area contributed by atoms with Crippen LogP contribution in [0.4, 0.5) is 5.82 Å². The van der Waals surface area contributed by atoms with Crippen molar-refractivity contribution in [2.24, 2.45) is 5.84 Å². The van der Waals surface area contributed by atoms with Crippen LogP contribution in [0.5, 0.6) is 0 Å². The zero-order valence-corrected chi connectivity index (χ0v) is 12.8. The SMILES string of the molecule is CCc1cc(C(=O)N(C)C(C)CSC)cc(NN)n1. The summed E-state index contributed by atoms with van der Waals surface area (Å²) in [6, 6.07) is 3.70. The van der Waals surface area contributed by atoms with E-state index >= 15 is 0 Å². The summed E-state index contributed by atoms with van der Waals surface area (Å²) < 4.78 is 0. The van der Waals surface area contributed by atoms with Gasteiger partial charge in [-0.2, -0.15) is 11.8 Å². The Morgan fingerprint density at radius 2 is 2.26 bits per heavy atom. The van der Waals surface area contributed by atoms with Gasteiger partial charge in [-0.25, -0.2) is 10.8 Å². The van der Waals surface area contributed by atoms with Crippen molar-refractivity contribution in [2.75, 3.05) is 24.5 Å². The Balaban J connectivity index is 2.98. The summed E-state index contributed by atoms with van der Waals surface area (Å²) in [6.45, 7) is 4.04. The second kappa shape index (κ2) is 7.35. The first kappa shape index (κ1) is 15.8. The first-order chi connectivity index (χ1) is 9.03. The predicted octanol–water partition coefficient (Wildman–Crippen LogP) is 1.75. The minimum atomic E-state index is -0.00449. The first-order valence-corrected chi connectivity index (χ1v) is 7.66. The van der Waals surface area contributed by atoms with Gasteiger partial charge in [0.05, 0.1) is 0 Å². The summed E-state index contributed by atoms with van der Waals surface area (Å²) >= 11 is 1.73. The average Bonchev–Trinajstić information content (AvgIpc) is 2.45. The summed E-state index contributed by atoms with van der Waals surface area (Å²) in [4.78, 5) is 18.5. The van der Waals surface area contributed by atoms with Crippen molar-refractivity contribution in [3.63, 3.8) is 0 Å². The molecule has 106 valence electrons. The number of pyridine rings is 1. The third-order valence-corrected chi connectivity index (χ3v) is 3.84. The van der Waals surface area contributed by atoms with Crippen LogP contribution in [0.1, 0.15) is 29.9 Å². The van der Waals surface area contributed by atoms with Gasteiger partial charge in [0.2, 0.25) is 0 Å². The quantitative estimate of drug-likeness (QED) is 0.614. The van der Waals surface area contributed by atoms with Gasteiger partial charge in [-0.05, 0) is 31.7 Å². The molecule has 0 bridgehead atoms. The number of thioether (sulfide) groups is 1. The number of hydrazine groups is 1. The third kappa shape index (κ3) is 4.11. The monoisotopic (exact) mass is 282 g/mol. The molecule has 0 aliphatic rings. The molecule has 3 N–H and O–H groups in total. The van der Waals surface area contributed by atoms with E-state index < -0.39 is 0 Å². The highest BCUT2D eigenvalue weighted by Gasteiger charge is 2.18. The van der Waals surface area contributed by atoms with Crippen molar-refractivity contribution in [3.8, 4) is 0 Å². The Hall–Kier alpha value is -1.27. The highest BCUT2D eigenvalue weighted by Crippen LogP contribution is 2.14. The van der Waals surface area contributed by atoms with Crippen LogP contribution in [0.15, 0.2) is 12.1 Å². The van der Waals surface area contributed by atoms with Gasteiger partial charge in [0.15, 0.2) is 0 Å². The molecule has 0 radical (unpaired) electrons. The summed E-state index contributed by atoms with van der Waals surface area (Å²) in [5, 5.41) is 0. The van der Waals surface area contributed by atoms with Crippen molar-refractivity contribution in [1.29, 1.82) is 0 Å². The van der Waals surface area contributed by atoms with Crippen LogP contribution in [-0.4, -0.2) is 40.9 Å². The Bertz CT molecular complexity index is 416. The smallest absolute Gasteiger partial charge is 0.254 e. The number of nitrogens with zero attached hydrogens (tertiary/aromatic N) is 2. The summed E-state index contributed by atoms with van der Waals surface area (Å²) in [5.41, 5.74) is 3.98. The van der Waals surface area contributed by atoms with Crippen LogP contribution in [0, 0.1) is 0 Å². The van der Waals surface area contributed by atoms with Gasteiger partial charge in [-0.1, -0.05) is 6.92 Å². The fourth-order valence-corrected chi connectivity index (χ4v) is 2.43. The van der Waals surface area contributed by atoms with Crippen molar-refractivity contribution in [3.05, 3.63) is 23.4 Å². The van der Waals surface area contributed by atoms with Crippen molar-refractivity contribution in [2.45, 2.75) is 26.3 Å². The van der Waals surface area contributed by atoms with Crippen LogP contribution in [-0.2, 0) is 6.42 Å². The Kier molecular flexibility index (Phi) is 6.11. The molecule has 0 aromatic carbocycles. The Morgan fingerprint density at radius 1 is 1.58 bits per heavy atom. The molecular formula is C13H22N4OS. The van der Waals surface area contributed by atoms with E-state index in [2.05, 4.69) is 10.4 Å². The second-order valence-corrected chi connectivity index (χ2v) is 5.36. The second-order valence-electron chi connectivity index (χ2n) is 4.45. The summed E-state index contributed by atoms with van der Waals surface area (Å²) in [7, 11) is 1.82. The number of rotatable bonds is 6. The highest BCUT2D eigenvalue weighted by atomic mass is 32.2. The maximum Gasteiger partial charge on any atom is 0.254 e. The van der Waals surface area contributed by atoms with E-state index in [1.165, 1.54) is 0 Å². The Morgan fingerprint density at radius 3 is 2.79 bits per heavy atom. The highest BCUT2D eigenvalue weighted by molar-refractivity contribution is 7.98. The molecular weight excluding hydrogens is 260 g/mol. The number of hydrogen-bond donors (Lipinski definition) is 2. The first-order valence-electron chi connectivity index (χ1n) is 6.27. The molecule has 1 atom stereocenters. The summed E-state index contributed by atoms with van der Waals surface area (Å²) in [5.74, 6) is 6.82. The number of amides is 1. The number of nitrogens with two attached hydrogens (primary N) is 1. The van der Waals surface area contributed by atoms with E-state index in [-0.39, 0.29) is 11.9 Å². The normalized spacial score (nSPS) is 12.1. The van der Waals surface area contributed by atoms with Gasteiger partial charge in [0.25, 0.3) is 5.91 Å². The van der Waals surface area contributed by atoms with Crippen LogP contribution < -0.4 is 11.3 Å². The number of aromatic nitrogens is 1. The molecule has 0 spiro atoms. The number of anilines is 1. The number of nitrogens with one attached hydrogen (secondary N) is 1. The lowest BCUT2D eigenvalue weighted by molar-refractivity contribution is 0.0757. The van der Waals surface area contributed by atoms with Gasteiger partial charge in [-0.3, -0.25) is 4.79 Å². The van der Waals surface area contributed by atoms with Gasteiger partial charge >= 0.3 is 0 Å². The largest absolute Gasteiger partial charge is 0.338 e. The fourth-order valence-electron chi connectivity index (χ4n) is 1.72. The van der Waals surface area contributed by atoms with Gasteiger partial charge < -0.3 is 10.3 Å². The van der Waals surface area contributed by atoms with E-state index in [1.807, 2.05) is 33.2 Å². The van der Waals surface area contributed by atoms with Gasteiger partial charge in [0, 0.05) is 30.1 Å². The molecule has 6 heteroatoms. The van der Waals surface area contributed by atoms with Crippen LogP contribution >= 0.6 is 11.8 Å². The number of carbonyl (C=O) groups excluding carboxylic acids is 1. The molecule has 1 heterocycles. The molecule has 0 saturated carbocycles. The van der Waals surface area contributed by atoms with Gasteiger partial charge in [0.1, 0.15) is 5.82 Å². The molecule has 0 saturated heterocycles. The number of hydrogen-bond acceptors (Lipinski definition) is 5. The van der Waals surface area contributed by atoms with Crippen LogP contribution in [0.25, 0.3) is 0 Å². The van der Waals surface area contributed by atoms with E-state index in [1.54, 1.807) is 22.7 Å². The molecule has 1 aromatic heterocycles. The fraction of sp³-hybridized carbons (Fsp3) is 0.538. The number of aryl methyl sites for hydroxylation is 1. The molecule has 0 aliphatic heterocycles. The van der Waals surface area contributed by atoms with E-state index in [4.69, 9.17) is 5.84 Å². The molecule has 5 nitrogen and oxygen atoms in total. The summed E-state index contributed by atoms with van der Waals surface area (Å²) in [6.07, 6.45) is 2.80. The number of carbonyl (C=O) groups is 1. The topological polar surface area (TPSA) is 71.2 Å². The molecule has 1 aromatic rings. The van der Waals surface area contributed by atoms with Gasteiger partial charge in [-0.15, -0.1) is 0 Å². The van der Waals surface area contributed by atoms with Crippen molar-refractivity contribution >= 4 is 23.5 Å². The molecule has 0 fully saturated rings. The lowest BCUT2D eigenvalue weighted by atomic mass is 10.1. The lowest BCUT2D eigenvalue weighted by Crippen LogP contribution is -2.36. The zero-order chi connectivity index (χ0) is 14.4. The van der Waals surface area contributed by atoms with Crippen molar-refractivity contribution in [1.82, 2.24) is 9.88 Å². The maximum atomic E-state index is 12.4. The Labute approximate surface area is 118 Å². The average molecular weight is 282 g/mol.